The Balaban J connectivity index is 2.16. The van der Waals surface area contributed by atoms with E-state index in [1.54, 1.807) is 18.5 Å². The van der Waals surface area contributed by atoms with Gasteiger partial charge in [-0.05, 0) is 49.7 Å². The van der Waals surface area contributed by atoms with E-state index >= 15 is 0 Å². The van der Waals surface area contributed by atoms with Crippen LogP contribution in [0.15, 0.2) is 48.8 Å². The maximum absolute atomic E-state index is 9.73. The highest BCUT2D eigenvalue weighted by Crippen LogP contribution is 2.33. The van der Waals surface area contributed by atoms with Crippen LogP contribution in [0, 0.1) is 11.3 Å². The number of benzene rings is 1. The van der Waals surface area contributed by atoms with Crippen molar-refractivity contribution < 1.29 is 9.84 Å². The highest BCUT2D eigenvalue weighted by molar-refractivity contribution is 5.80. The van der Waals surface area contributed by atoms with E-state index < -0.39 is 0 Å². The average Bonchev–Trinajstić information content (AvgIpc) is 2.68. The van der Waals surface area contributed by atoms with Crippen LogP contribution in [0.4, 0.5) is 5.82 Å². The highest BCUT2D eigenvalue weighted by Gasteiger charge is 2.15. The van der Waals surface area contributed by atoms with E-state index in [-0.39, 0.29) is 18.5 Å². The number of pyridine rings is 2. The maximum atomic E-state index is 9.73. The lowest BCUT2D eigenvalue weighted by molar-refractivity contribution is 0.225. The smallest absolute Gasteiger partial charge is 0.142 e. The molecule has 3 rings (SSSR count). The molecule has 2 aromatic heterocycles. The SMILES string of the molecule is CC(C)Oc1ccc(-c2cc(-c3ccncc3)nc(N)c2C#N)cc1CO. The predicted molar refractivity (Wildman–Crippen MR) is 104 cm³/mol. The van der Waals surface area contributed by atoms with Crippen LogP contribution < -0.4 is 10.5 Å². The van der Waals surface area contributed by atoms with Crippen LogP contribution in [0.2, 0.25) is 0 Å². The summed E-state index contributed by atoms with van der Waals surface area (Å²) in [5.41, 5.74) is 9.91. The Bertz CT molecular complexity index is 995. The summed E-state index contributed by atoms with van der Waals surface area (Å²) >= 11 is 0. The molecule has 0 radical (unpaired) electrons. The van der Waals surface area contributed by atoms with Gasteiger partial charge in [0.2, 0.25) is 0 Å². The lowest BCUT2D eigenvalue weighted by Gasteiger charge is -2.15. The second-order valence-corrected chi connectivity index (χ2v) is 6.31. The maximum Gasteiger partial charge on any atom is 0.142 e. The normalized spacial score (nSPS) is 10.6. The first kappa shape index (κ1) is 18.4. The molecule has 0 fully saturated rings. The number of nitrogens with zero attached hydrogens (tertiary/aromatic N) is 3. The molecule has 0 spiro atoms. The summed E-state index contributed by atoms with van der Waals surface area (Å²) in [6.45, 7) is 3.68. The Kier molecular flexibility index (Phi) is 5.34. The van der Waals surface area contributed by atoms with Gasteiger partial charge in [-0.2, -0.15) is 5.26 Å². The lowest BCUT2D eigenvalue weighted by Crippen LogP contribution is -2.07. The van der Waals surface area contributed by atoms with Crippen molar-refractivity contribution >= 4 is 5.82 Å². The Morgan fingerprint density at radius 3 is 2.52 bits per heavy atom. The van der Waals surface area contributed by atoms with Crippen molar-refractivity contribution in [1.29, 1.82) is 5.26 Å². The van der Waals surface area contributed by atoms with Crippen molar-refractivity contribution in [2.24, 2.45) is 0 Å². The van der Waals surface area contributed by atoms with Crippen LogP contribution in [0.3, 0.4) is 0 Å². The molecule has 0 atom stereocenters. The van der Waals surface area contributed by atoms with Crippen molar-refractivity contribution in [3.8, 4) is 34.2 Å². The summed E-state index contributed by atoms with van der Waals surface area (Å²) in [6.07, 6.45) is 3.34. The third-order valence-electron chi connectivity index (χ3n) is 4.04. The van der Waals surface area contributed by atoms with Crippen LogP contribution in [0.25, 0.3) is 22.4 Å². The molecule has 136 valence electrons. The molecule has 6 nitrogen and oxygen atoms in total. The molecule has 0 bridgehead atoms. The standard InChI is InChI=1S/C21H20N4O2/c1-13(2)27-20-4-3-15(9-16(20)12-26)17-10-19(14-5-7-24-8-6-14)25-21(23)18(17)11-22/h3-10,13,26H,12H2,1-2H3,(H2,23,25). The van der Waals surface area contributed by atoms with E-state index in [0.717, 1.165) is 11.1 Å². The first-order valence-corrected chi connectivity index (χ1v) is 8.55. The van der Waals surface area contributed by atoms with E-state index in [2.05, 4.69) is 16.0 Å². The molecule has 1 aromatic carbocycles. The lowest BCUT2D eigenvalue weighted by atomic mass is 9.97. The van der Waals surface area contributed by atoms with Crippen LogP contribution in [0.5, 0.6) is 5.75 Å². The molecule has 0 unspecified atom stereocenters. The summed E-state index contributed by atoms with van der Waals surface area (Å²) in [7, 11) is 0. The number of hydrogen-bond acceptors (Lipinski definition) is 6. The number of rotatable bonds is 5. The molecule has 0 aliphatic carbocycles. The van der Waals surface area contributed by atoms with Crippen molar-refractivity contribution in [3.05, 3.63) is 59.9 Å². The monoisotopic (exact) mass is 360 g/mol. The molecule has 27 heavy (non-hydrogen) atoms. The molecular formula is C21H20N4O2. The molecule has 0 saturated heterocycles. The van der Waals surface area contributed by atoms with Gasteiger partial charge in [0, 0.05) is 29.1 Å². The zero-order valence-corrected chi connectivity index (χ0v) is 15.2. The van der Waals surface area contributed by atoms with Crippen molar-refractivity contribution in [2.45, 2.75) is 26.6 Å². The van der Waals surface area contributed by atoms with Gasteiger partial charge in [-0.1, -0.05) is 6.07 Å². The number of hydrogen-bond donors (Lipinski definition) is 2. The van der Waals surface area contributed by atoms with Gasteiger partial charge in [0.25, 0.3) is 0 Å². The predicted octanol–water partition coefficient (Wildman–Crippen LogP) is 3.54. The number of aliphatic hydroxyl groups is 1. The molecular weight excluding hydrogens is 340 g/mol. The molecule has 0 saturated carbocycles. The first-order valence-electron chi connectivity index (χ1n) is 8.55. The summed E-state index contributed by atoms with van der Waals surface area (Å²) in [5, 5.41) is 19.3. The van der Waals surface area contributed by atoms with Gasteiger partial charge in [-0.25, -0.2) is 4.98 Å². The summed E-state index contributed by atoms with van der Waals surface area (Å²) in [5.74, 6) is 0.779. The number of anilines is 1. The fourth-order valence-electron chi connectivity index (χ4n) is 2.82. The van der Waals surface area contributed by atoms with E-state index in [1.165, 1.54) is 0 Å². The van der Waals surface area contributed by atoms with Gasteiger partial charge >= 0.3 is 0 Å². The molecule has 0 aliphatic heterocycles. The second kappa shape index (κ2) is 7.85. The van der Waals surface area contributed by atoms with Crippen molar-refractivity contribution in [2.75, 3.05) is 5.73 Å². The summed E-state index contributed by atoms with van der Waals surface area (Å²) in [4.78, 5) is 8.36. The molecule has 2 heterocycles. The number of aliphatic hydroxyl groups excluding tert-OH is 1. The van der Waals surface area contributed by atoms with Crippen LogP contribution in [0.1, 0.15) is 25.0 Å². The zero-order chi connectivity index (χ0) is 19.4. The minimum atomic E-state index is -0.171. The fraction of sp³-hybridized carbons (Fsp3) is 0.190. The topological polar surface area (TPSA) is 105 Å². The molecule has 3 N–H and O–H groups in total. The largest absolute Gasteiger partial charge is 0.491 e. The van der Waals surface area contributed by atoms with E-state index in [4.69, 9.17) is 10.5 Å². The van der Waals surface area contributed by atoms with Crippen LogP contribution in [-0.2, 0) is 6.61 Å². The Morgan fingerprint density at radius 2 is 1.89 bits per heavy atom. The first-order chi connectivity index (χ1) is 13.0. The minimum Gasteiger partial charge on any atom is -0.491 e. The van der Waals surface area contributed by atoms with E-state index in [9.17, 15) is 10.4 Å². The van der Waals surface area contributed by atoms with Gasteiger partial charge in [-0.3, -0.25) is 4.98 Å². The number of nitriles is 1. The van der Waals surface area contributed by atoms with Gasteiger partial charge in [0.15, 0.2) is 0 Å². The number of nitrogens with two attached hydrogens (primary N) is 1. The van der Waals surface area contributed by atoms with Gasteiger partial charge in [0.1, 0.15) is 23.2 Å². The van der Waals surface area contributed by atoms with E-state index in [1.807, 2.05) is 44.2 Å². The highest BCUT2D eigenvalue weighted by atomic mass is 16.5. The number of nitrogen functional groups attached to an aromatic ring is 1. The average molecular weight is 360 g/mol. The second-order valence-electron chi connectivity index (χ2n) is 6.31. The molecule has 0 aliphatic rings. The summed E-state index contributed by atoms with van der Waals surface area (Å²) < 4.78 is 5.73. The van der Waals surface area contributed by atoms with Gasteiger partial charge in [0.05, 0.1) is 18.4 Å². The number of ether oxygens (including phenoxy) is 1. The third kappa shape index (κ3) is 3.89. The van der Waals surface area contributed by atoms with Crippen molar-refractivity contribution in [1.82, 2.24) is 9.97 Å². The van der Waals surface area contributed by atoms with Crippen LogP contribution in [-0.4, -0.2) is 21.2 Å². The quantitative estimate of drug-likeness (QED) is 0.721. The fourth-order valence-corrected chi connectivity index (χ4v) is 2.82. The molecule has 0 amide bonds. The molecule has 3 aromatic rings. The van der Waals surface area contributed by atoms with Gasteiger partial charge < -0.3 is 15.6 Å². The van der Waals surface area contributed by atoms with Gasteiger partial charge in [-0.15, -0.1) is 0 Å². The Labute approximate surface area is 157 Å². The van der Waals surface area contributed by atoms with Crippen molar-refractivity contribution in [3.63, 3.8) is 0 Å². The third-order valence-corrected chi connectivity index (χ3v) is 4.04. The summed E-state index contributed by atoms with van der Waals surface area (Å²) in [6, 6.07) is 13.1. The zero-order valence-electron chi connectivity index (χ0n) is 15.2. The van der Waals surface area contributed by atoms with E-state index in [0.29, 0.717) is 28.1 Å². The Hall–Kier alpha value is -3.43. The number of aromatic nitrogens is 2. The Morgan fingerprint density at radius 1 is 1.15 bits per heavy atom. The molecule has 6 heteroatoms. The van der Waals surface area contributed by atoms with Crippen LogP contribution >= 0.6 is 0 Å². The minimum absolute atomic E-state index is 0.00863.